The highest BCUT2D eigenvalue weighted by Crippen LogP contribution is 2.29. The van der Waals surface area contributed by atoms with Gasteiger partial charge in [-0.25, -0.2) is 13.8 Å². The Bertz CT molecular complexity index is 608. The average molecular weight is 303 g/mol. The summed E-state index contributed by atoms with van der Waals surface area (Å²) in [5, 5.41) is 0. The van der Waals surface area contributed by atoms with Crippen molar-refractivity contribution in [2.24, 2.45) is 5.92 Å². The van der Waals surface area contributed by atoms with E-state index in [1.165, 1.54) is 6.07 Å². The monoisotopic (exact) mass is 302 g/mol. The summed E-state index contributed by atoms with van der Waals surface area (Å²) in [7, 11) is 0. The highest BCUT2D eigenvalue weighted by molar-refractivity contribution is 7.99. The molecule has 1 atom stereocenters. The van der Waals surface area contributed by atoms with Crippen LogP contribution in [0.5, 0.6) is 0 Å². The van der Waals surface area contributed by atoms with Gasteiger partial charge >= 0.3 is 0 Å². The Kier molecular flexibility index (Phi) is 3.67. The molecule has 0 bridgehead atoms. The van der Waals surface area contributed by atoms with E-state index in [-0.39, 0.29) is 11.4 Å². The predicted molar refractivity (Wildman–Crippen MR) is 74.6 cm³/mol. The van der Waals surface area contributed by atoms with Crippen LogP contribution >= 0.6 is 23.4 Å². The van der Waals surface area contributed by atoms with Crippen LogP contribution in [0.2, 0.25) is 0 Å². The number of aromatic nitrogens is 2. The van der Waals surface area contributed by atoms with Gasteiger partial charge in [-0.3, -0.25) is 0 Å². The molecule has 0 spiro atoms. The number of halogens is 3. The van der Waals surface area contributed by atoms with Gasteiger partial charge < -0.3 is 4.57 Å². The molecule has 0 aliphatic carbocycles. The molecule has 6 heteroatoms. The van der Waals surface area contributed by atoms with E-state index in [9.17, 15) is 8.78 Å². The van der Waals surface area contributed by atoms with Crippen molar-refractivity contribution < 1.29 is 8.78 Å². The normalized spacial score (nSPS) is 19.4. The van der Waals surface area contributed by atoms with Crippen LogP contribution in [-0.2, 0) is 12.4 Å². The summed E-state index contributed by atoms with van der Waals surface area (Å²) >= 11 is 7.77. The molecule has 102 valence electrons. The Morgan fingerprint density at radius 1 is 1.42 bits per heavy atom. The summed E-state index contributed by atoms with van der Waals surface area (Å²) in [4.78, 5) is 4.29. The van der Waals surface area contributed by atoms with Gasteiger partial charge in [-0.1, -0.05) is 0 Å². The molecule has 1 aromatic heterocycles. The summed E-state index contributed by atoms with van der Waals surface area (Å²) in [6.45, 7) is 0.659. The van der Waals surface area contributed by atoms with Crippen molar-refractivity contribution >= 4 is 34.4 Å². The number of imidazole rings is 1. The molecule has 3 rings (SSSR count). The summed E-state index contributed by atoms with van der Waals surface area (Å²) in [6.07, 6.45) is 1.10. The number of hydrogen-bond donors (Lipinski definition) is 0. The summed E-state index contributed by atoms with van der Waals surface area (Å²) in [5.41, 5.74) is 0.716. The van der Waals surface area contributed by atoms with E-state index in [1.54, 1.807) is 4.57 Å². The van der Waals surface area contributed by atoms with Gasteiger partial charge in [-0.05, 0) is 36.0 Å². The maximum atomic E-state index is 14.0. The number of nitrogens with zero attached hydrogens (tertiary/aromatic N) is 2. The fraction of sp³-hybridized carbons (Fsp3) is 0.462. The van der Waals surface area contributed by atoms with Crippen molar-refractivity contribution in [3.63, 3.8) is 0 Å². The first-order valence-corrected chi connectivity index (χ1v) is 7.86. The van der Waals surface area contributed by atoms with Crippen LogP contribution in [0, 0.1) is 17.6 Å². The molecule has 1 unspecified atom stereocenters. The molecule has 0 amide bonds. The Balaban J connectivity index is 2.10. The van der Waals surface area contributed by atoms with Gasteiger partial charge in [0.05, 0.1) is 11.4 Å². The molecule has 2 nitrogen and oxygen atoms in total. The minimum atomic E-state index is -0.837. The molecule has 1 fully saturated rings. The molecule has 19 heavy (non-hydrogen) atoms. The average Bonchev–Trinajstić information content (AvgIpc) is 3.02. The highest BCUT2D eigenvalue weighted by Gasteiger charge is 2.22. The maximum Gasteiger partial charge on any atom is 0.184 e. The van der Waals surface area contributed by atoms with Crippen LogP contribution in [0.1, 0.15) is 12.2 Å². The standard InChI is InChI=1S/C13H13ClF2N2S/c14-5-11-17-10-2-1-9(15)12(16)13(10)18(11)6-8-3-4-19-7-8/h1-2,8H,3-7H2. The maximum absolute atomic E-state index is 14.0. The van der Waals surface area contributed by atoms with E-state index < -0.39 is 11.6 Å². The first-order valence-electron chi connectivity index (χ1n) is 6.17. The third-order valence-electron chi connectivity index (χ3n) is 3.46. The second-order valence-electron chi connectivity index (χ2n) is 4.73. The Morgan fingerprint density at radius 2 is 2.26 bits per heavy atom. The van der Waals surface area contributed by atoms with Gasteiger partial charge in [0.2, 0.25) is 0 Å². The van der Waals surface area contributed by atoms with E-state index in [0.717, 1.165) is 24.0 Å². The molecule has 1 saturated heterocycles. The van der Waals surface area contributed by atoms with Gasteiger partial charge in [-0.2, -0.15) is 11.8 Å². The predicted octanol–water partition coefficient (Wildman–Crippen LogP) is 3.81. The number of fused-ring (bicyclic) bond motifs is 1. The third kappa shape index (κ3) is 2.34. The number of hydrogen-bond acceptors (Lipinski definition) is 2. The zero-order valence-electron chi connectivity index (χ0n) is 10.2. The topological polar surface area (TPSA) is 17.8 Å². The number of alkyl halides is 1. The molecule has 0 saturated carbocycles. The molecular weight excluding hydrogens is 290 g/mol. The van der Waals surface area contributed by atoms with Crippen LogP contribution in [0.25, 0.3) is 11.0 Å². The van der Waals surface area contributed by atoms with E-state index in [2.05, 4.69) is 4.98 Å². The number of rotatable bonds is 3. The summed E-state index contributed by atoms with van der Waals surface area (Å²) in [5.74, 6) is 1.81. The van der Waals surface area contributed by atoms with Gasteiger partial charge in [0.25, 0.3) is 0 Å². The smallest absolute Gasteiger partial charge is 0.184 e. The van der Waals surface area contributed by atoms with E-state index >= 15 is 0 Å². The molecule has 1 aromatic carbocycles. The van der Waals surface area contributed by atoms with Gasteiger partial charge in [0, 0.05) is 6.54 Å². The van der Waals surface area contributed by atoms with Crippen LogP contribution in [0.3, 0.4) is 0 Å². The summed E-state index contributed by atoms with van der Waals surface area (Å²) < 4.78 is 29.1. The first-order chi connectivity index (χ1) is 9.20. The zero-order valence-corrected chi connectivity index (χ0v) is 11.8. The Labute approximate surface area is 119 Å². The molecule has 1 aliphatic heterocycles. The van der Waals surface area contributed by atoms with Crippen molar-refractivity contribution in [2.45, 2.75) is 18.8 Å². The molecular formula is C13H13ClF2N2S. The number of thioether (sulfide) groups is 1. The van der Waals surface area contributed by atoms with Crippen molar-refractivity contribution in [1.82, 2.24) is 9.55 Å². The molecule has 2 heterocycles. The van der Waals surface area contributed by atoms with Gasteiger partial charge in [0.1, 0.15) is 11.3 Å². The van der Waals surface area contributed by atoms with Crippen LogP contribution in [0.15, 0.2) is 12.1 Å². The molecule has 1 aliphatic rings. The minimum Gasteiger partial charge on any atom is -0.324 e. The lowest BCUT2D eigenvalue weighted by molar-refractivity contribution is 0.477. The minimum absolute atomic E-state index is 0.204. The van der Waals surface area contributed by atoms with Crippen molar-refractivity contribution in [1.29, 1.82) is 0 Å². The quantitative estimate of drug-likeness (QED) is 0.803. The van der Waals surface area contributed by atoms with Crippen LogP contribution < -0.4 is 0 Å². The van der Waals surface area contributed by atoms with Crippen LogP contribution in [-0.4, -0.2) is 21.1 Å². The third-order valence-corrected chi connectivity index (χ3v) is 4.93. The van der Waals surface area contributed by atoms with Crippen molar-refractivity contribution in [2.75, 3.05) is 11.5 Å². The van der Waals surface area contributed by atoms with E-state index in [0.29, 0.717) is 23.8 Å². The number of benzene rings is 1. The van der Waals surface area contributed by atoms with E-state index in [4.69, 9.17) is 11.6 Å². The lowest BCUT2D eigenvalue weighted by atomic mass is 10.1. The molecule has 0 N–H and O–H groups in total. The van der Waals surface area contributed by atoms with E-state index in [1.807, 2.05) is 11.8 Å². The lowest BCUT2D eigenvalue weighted by Crippen LogP contribution is -2.13. The summed E-state index contributed by atoms with van der Waals surface area (Å²) in [6, 6.07) is 2.61. The zero-order chi connectivity index (χ0) is 13.4. The van der Waals surface area contributed by atoms with Gasteiger partial charge in [-0.15, -0.1) is 11.6 Å². The molecule has 0 radical (unpaired) electrons. The Hall–Kier alpha value is -0.810. The highest BCUT2D eigenvalue weighted by atomic mass is 35.5. The van der Waals surface area contributed by atoms with Crippen LogP contribution in [0.4, 0.5) is 8.78 Å². The molecule has 2 aromatic rings. The largest absolute Gasteiger partial charge is 0.324 e. The lowest BCUT2D eigenvalue weighted by Gasteiger charge is -2.13. The fourth-order valence-corrected chi connectivity index (χ4v) is 3.97. The van der Waals surface area contributed by atoms with Crippen molar-refractivity contribution in [3.8, 4) is 0 Å². The Morgan fingerprint density at radius 3 is 2.95 bits per heavy atom. The first kappa shape index (κ1) is 13.2. The fourth-order valence-electron chi connectivity index (χ4n) is 2.49. The SMILES string of the molecule is Fc1ccc2nc(CCl)n(CC3CCSC3)c2c1F. The van der Waals surface area contributed by atoms with Crippen molar-refractivity contribution in [3.05, 3.63) is 29.6 Å². The second kappa shape index (κ2) is 5.29. The van der Waals surface area contributed by atoms with Gasteiger partial charge in [0.15, 0.2) is 11.6 Å². The second-order valence-corrected chi connectivity index (χ2v) is 6.15.